The molecule has 0 saturated carbocycles. The molecule has 0 aromatic heterocycles. The average molecular weight is 368 g/mol. The lowest BCUT2D eigenvalue weighted by molar-refractivity contribution is -0.116. The van der Waals surface area contributed by atoms with Gasteiger partial charge in [-0.1, -0.05) is 35.3 Å². The minimum Gasteiger partial charge on any atom is -0.492 e. The van der Waals surface area contributed by atoms with E-state index in [0.717, 1.165) is 5.56 Å². The van der Waals surface area contributed by atoms with Crippen molar-refractivity contribution in [2.24, 2.45) is 0 Å². The summed E-state index contributed by atoms with van der Waals surface area (Å²) in [6.07, 6.45) is 0.310. The van der Waals surface area contributed by atoms with Crippen molar-refractivity contribution in [3.8, 4) is 5.75 Å². The third-order valence-corrected chi connectivity index (χ3v) is 3.88. The predicted molar refractivity (Wildman–Crippen MR) is 96.9 cm³/mol. The first kappa shape index (κ1) is 18.6. The van der Waals surface area contributed by atoms with Crippen molar-refractivity contribution < 1.29 is 14.6 Å². The van der Waals surface area contributed by atoms with Gasteiger partial charge in [-0.3, -0.25) is 4.79 Å². The molecule has 4 nitrogen and oxygen atoms in total. The van der Waals surface area contributed by atoms with E-state index in [-0.39, 0.29) is 5.91 Å². The highest BCUT2D eigenvalue weighted by molar-refractivity contribution is 6.35. The molecule has 6 heteroatoms. The summed E-state index contributed by atoms with van der Waals surface area (Å²) < 4.78 is 5.54. The van der Waals surface area contributed by atoms with Crippen LogP contribution in [0.3, 0.4) is 0 Å². The van der Waals surface area contributed by atoms with Crippen LogP contribution in [0.5, 0.6) is 5.75 Å². The van der Waals surface area contributed by atoms with Gasteiger partial charge in [0.25, 0.3) is 0 Å². The molecule has 128 valence electrons. The molecule has 2 aromatic carbocycles. The lowest BCUT2D eigenvalue weighted by Gasteiger charge is -2.10. The molecular formula is C18H19Cl2NO3. The van der Waals surface area contributed by atoms with Crippen molar-refractivity contribution in [2.75, 3.05) is 11.9 Å². The van der Waals surface area contributed by atoms with E-state index >= 15 is 0 Å². The molecule has 0 saturated heterocycles. The van der Waals surface area contributed by atoms with E-state index in [4.69, 9.17) is 27.9 Å². The summed E-state index contributed by atoms with van der Waals surface area (Å²) in [6.45, 7) is 2.06. The minimum atomic E-state index is -0.570. The van der Waals surface area contributed by atoms with Crippen molar-refractivity contribution in [3.63, 3.8) is 0 Å². The Morgan fingerprint density at radius 1 is 1.25 bits per heavy atom. The number of hydrogen-bond donors (Lipinski definition) is 2. The zero-order chi connectivity index (χ0) is 17.5. The minimum absolute atomic E-state index is 0.108. The molecule has 0 fully saturated rings. The van der Waals surface area contributed by atoms with Gasteiger partial charge in [0.1, 0.15) is 5.75 Å². The summed E-state index contributed by atoms with van der Waals surface area (Å²) in [5.41, 5.74) is 1.42. The van der Waals surface area contributed by atoms with E-state index < -0.39 is 6.10 Å². The average Bonchev–Trinajstić information content (AvgIpc) is 2.53. The van der Waals surface area contributed by atoms with E-state index in [9.17, 15) is 9.90 Å². The molecule has 1 unspecified atom stereocenters. The number of anilines is 1. The Morgan fingerprint density at radius 3 is 2.75 bits per heavy atom. The molecule has 2 N–H and O–H groups in total. The summed E-state index contributed by atoms with van der Waals surface area (Å²) in [4.78, 5) is 11.9. The van der Waals surface area contributed by atoms with Crippen LogP contribution in [-0.2, 0) is 4.79 Å². The topological polar surface area (TPSA) is 58.6 Å². The SMILES string of the molecule is CC(O)c1cccc(NC(=O)CCCOc2ccc(Cl)cc2Cl)c1. The van der Waals surface area contributed by atoms with Crippen LogP contribution in [-0.4, -0.2) is 17.6 Å². The van der Waals surface area contributed by atoms with Crippen LogP contribution in [0, 0.1) is 0 Å². The molecule has 1 amide bonds. The van der Waals surface area contributed by atoms with Crippen LogP contribution >= 0.6 is 23.2 Å². The number of carbonyl (C=O) groups excluding carboxylic acids is 1. The Kier molecular flexibility index (Phi) is 6.91. The Labute approximate surface area is 151 Å². The number of benzene rings is 2. The Hall–Kier alpha value is -1.75. The number of hydrogen-bond acceptors (Lipinski definition) is 3. The predicted octanol–water partition coefficient (Wildman–Crippen LogP) is 4.84. The molecule has 0 aliphatic heterocycles. The Morgan fingerprint density at radius 2 is 2.04 bits per heavy atom. The number of rotatable bonds is 7. The summed E-state index contributed by atoms with van der Waals surface area (Å²) in [5, 5.41) is 13.4. The van der Waals surface area contributed by atoms with E-state index in [1.165, 1.54) is 0 Å². The van der Waals surface area contributed by atoms with E-state index in [1.54, 1.807) is 43.3 Å². The molecule has 2 rings (SSSR count). The molecule has 2 aromatic rings. The van der Waals surface area contributed by atoms with Crippen LogP contribution in [0.1, 0.15) is 31.4 Å². The van der Waals surface area contributed by atoms with Crippen LogP contribution in [0.25, 0.3) is 0 Å². The van der Waals surface area contributed by atoms with Gasteiger partial charge in [-0.25, -0.2) is 0 Å². The van der Waals surface area contributed by atoms with Crippen molar-refractivity contribution >= 4 is 34.8 Å². The smallest absolute Gasteiger partial charge is 0.224 e. The van der Waals surface area contributed by atoms with Crippen molar-refractivity contribution in [2.45, 2.75) is 25.9 Å². The maximum Gasteiger partial charge on any atom is 0.224 e. The molecule has 0 heterocycles. The zero-order valence-electron chi connectivity index (χ0n) is 13.3. The summed E-state index contributed by atoms with van der Waals surface area (Å²) in [5.74, 6) is 0.439. The first-order valence-corrected chi connectivity index (χ1v) is 8.37. The second-order valence-corrected chi connectivity index (χ2v) is 6.22. The number of amides is 1. The summed E-state index contributed by atoms with van der Waals surface area (Å²) in [6, 6.07) is 12.2. The van der Waals surface area contributed by atoms with Gasteiger partial charge in [-0.15, -0.1) is 0 Å². The molecular weight excluding hydrogens is 349 g/mol. The molecule has 0 aliphatic carbocycles. The van der Waals surface area contributed by atoms with Crippen molar-refractivity contribution in [1.82, 2.24) is 0 Å². The second kappa shape index (κ2) is 8.92. The van der Waals surface area contributed by atoms with Crippen molar-refractivity contribution in [3.05, 3.63) is 58.1 Å². The zero-order valence-corrected chi connectivity index (χ0v) is 14.8. The monoisotopic (exact) mass is 367 g/mol. The molecule has 0 aliphatic rings. The first-order valence-electron chi connectivity index (χ1n) is 7.61. The number of aliphatic hydroxyl groups is 1. The highest BCUT2D eigenvalue weighted by Gasteiger charge is 2.06. The third-order valence-electron chi connectivity index (χ3n) is 3.35. The number of aliphatic hydroxyl groups excluding tert-OH is 1. The van der Waals surface area contributed by atoms with E-state index in [1.807, 2.05) is 6.07 Å². The van der Waals surface area contributed by atoms with Crippen LogP contribution in [0.15, 0.2) is 42.5 Å². The van der Waals surface area contributed by atoms with Crippen LogP contribution < -0.4 is 10.1 Å². The molecule has 0 spiro atoms. The Balaban J connectivity index is 1.76. The second-order valence-electron chi connectivity index (χ2n) is 5.38. The van der Waals surface area contributed by atoms with E-state index in [0.29, 0.717) is 40.9 Å². The number of ether oxygens (including phenoxy) is 1. The van der Waals surface area contributed by atoms with Gasteiger partial charge in [-0.05, 0) is 49.2 Å². The molecule has 1 atom stereocenters. The fourth-order valence-electron chi connectivity index (χ4n) is 2.11. The van der Waals surface area contributed by atoms with Gasteiger partial charge in [0.15, 0.2) is 0 Å². The number of halogens is 2. The highest BCUT2D eigenvalue weighted by Crippen LogP contribution is 2.27. The lowest BCUT2D eigenvalue weighted by Crippen LogP contribution is -2.13. The van der Waals surface area contributed by atoms with E-state index in [2.05, 4.69) is 5.32 Å². The third kappa shape index (κ3) is 5.71. The standard InChI is InChI=1S/C18H19Cl2NO3/c1-12(22)13-4-2-5-15(10-13)21-18(23)6-3-9-24-17-8-7-14(19)11-16(17)20/h2,4-5,7-8,10-12,22H,3,6,9H2,1H3,(H,21,23). The van der Waals surface area contributed by atoms with Crippen LogP contribution in [0.4, 0.5) is 5.69 Å². The fraction of sp³-hybridized carbons (Fsp3) is 0.278. The quantitative estimate of drug-likeness (QED) is 0.688. The van der Waals surface area contributed by atoms with Gasteiger partial charge < -0.3 is 15.2 Å². The summed E-state index contributed by atoms with van der Waals surface area (Å²) >= 11 is 11.8. The molecule has 0 bridgehead atoms. The number of carbonyl (C=O) groups is 1. The summed E-state index contributed by atoms with van der Waals surface area (Å²) in [7, 11) is 0. The van der Waals surface area contributed by atoms with Gasteiger partial charge in [0.2, 0.25) is 5.91 Å². The maximum atomic E-state index is 11.9. The van der Waals surface area contributed by atoms with Gasteiger partial charge >= 0.3 is 0 Å². The Bertz CT molecular complexity index is 704. The van der Waals surface area contributed by atoms with Crippen molar-refractivity contribution in [1.29, 1.82) is 0 Å². The van der Waals surface area contributed by atoms with Gasteiger partial charge in [0, 0.05) is 17.1 Å². The first-order chi connectivity index (χ1) is 11.5. The molecule has 24 heavy (non-hydrogen) atoms. The number of nitrogens with one attached hydrogen (secondary N) is 1. The molecule has 0 radical (unpaired) electrons. The highest BCUT2D eigenvalue weighted by atomic mass is 35.5. The largest absolute Gasteiger partial charge is 0.492 e. The van der Waals surface area contributed by atoms with Gasteiger partial charge in [-0.2, -0.15) is 0 Å². The lowest BCUT2D eigenvalue weighted by atomic mass is 10.1. The fourth-order valence-corrected chi connectivity index (χ4v) is 2.57. The van der Waals surface area contributed by atoms with Gasteiger partial charge in [0.05, 0.1) is 17.7 Å². The van der Waals surface area contributed by atoms with Crippen LogP contribution in [0.2, 0.25) is 10.0 Å². The maximum absolute atomic E-state index is 11.9. The normalized spacial score (nSPS) is 11.8.